The van der Waals surface area contributed by atoms with Gasteiger partial charge >= 0.3 is 0 Å². The number of nitrogens with zero attached hydrogens (tertiary/aromatic N) is 2. The maximum absolute atomic E-state index is 14.6. The fraction of sp³-hybridized carbons (Fsp3) is 0.297. The number of hydrogen-bond donors (Lipinski definition) is 1. The Bertz CT molecular complexity index is 1790. The number of halogens is 2. The number of anilines is 1. The van der Waals surface area contributed by atoms with Crippen LogP contribution in [0.25, 0.3) is 0 Å². The summed E-state index contributed by atoms with van der Waals surface area (Å²) in [7, 11) is -4.25. The van der Waals surface area contributed by atoms with Gasteiger partial charge in [0.15, 0.2) is 0 Å². The van der Waals surface area contributed by atoms with E-state index in [0.717, 1.165) is 15.4 Å². The average Bonchev–Trinajstić information content (AvgIpc) is 3.08. The van der Waals surface area contributed by atoms with Crippen molar-refractivity contribution in [2.24, 2.45) is 0 Å². The first-order valence-electron chi connectivity index (χ1n) is 15.8. The molecule has 0 aliphatic rings. The van der Waals surface area contributed by atoms with E-state index in [0.29, 0.717) is 40.1 Å². The monoisotopic (exact) mass is 709 g/mol. The Morgan fingerprint density at radius 3 is 2.12 bits per heavy atom. The van der Waals surface area contributed by atoms with E-state index in [1.165, 1.54) is 17.0 Å². The van der Waals surface area contributed by atoms with Crippen molar-refractivity contribution in [3.05, 3.63) is 124 Å². The number of sulfonamides is 1. The molecule has 0 saturated heterocycles. The normalized spacial score (nSPS) is 12.5. The first-order valence-corrected chi connectivity index (χ1v) is 18.0. The summed E-state index contributed by atoms with van der Waals surface area (Å²) in [6.07, 6.45) is 0.887. The Morgan fingerprint density at radius 2 is 1.52 bits per heavy atom. The third-order valence-corrected chi connectivity index (χ3v) is 10.5. The number of nitrogens with one attached hydrogen (secondary N) is 1. The molecule has 2 amide bonds. The van der Waals surface area contributed by atoms with Crippen molar-refractivity contribution in [1.29, 1.82) is 0 Å². The third-order valence-electron chi connectivity index (χ3n) is 7.93. The molecule has 4 rings (SSSR count). The summed E-state index contributed by atoms with van der Waals surface area (Å²) in [6.45, 7) is 7.43. The van der Waals surface area contributed by atoms with Gasteiger partial charge < -0.3 is 15.0 Å². The van der Waals surface area contributed by atoms with Crippen LogP contribution < -0.4 is 14.4 Å². The molecule has 0 radical (unpaired) electrons. The minimum atomic E-state index is -4.25. The summed E-state index contributed by atoms with van der Waals surface area (Å²) in [6, 6.07) is 26.2. The molecule has 11 heteroatoms. The van der Waals surface area contributed by atoms with Crippen molar-refractivity contribution in [2.75, 3.05) is 17.5 Å². The van der Waals surface area contributed by atoms with Crippen LogP contribution in [0.5, 0.6) is 5.75 Å². The molecular weight excluding hydrogens is 669 g/mol. The van der Waals surface area contributed by atoms with Gasteiger partial charge in [0.05, 0.1) is 27.2 Å². The highest BCUT2D eigenvalue weighted by molar-refractivity contribution is 7.92. The van der Waals surface area contributed by atoms with E-state index in [1.807, 2.05) is 58.0 Å². The molecular formula is C37H41Cl2N3O5S. The third kappa shape index (κ3) is 9.52. The molecule has 0 bridgehead atoms. The first kappa shape index (κ1) is 36.8. The van der Waals surface area contributed by atoms with Gasteiger partial charge in [-0.05, 0) is 86.8 Å². The smallest absolute Gasteiger partial charge is 0.264 e. The number of hydrogen-bond acceptors (Lipinski definition) is 5. The molecule has 0 fully saturated rings. The summed E-state index contributed by atoms with van der Waals surface area (Å²) >= 11 is 12.6. The Balaban J connectivity index is 1.81. The zero-order valence-corrected chi connectivity index (χ0v) is 29.9. The molecule has 8 nitrogen and oxygen atoms in total. The SMILES string of the molecule is CCOc1ccc(S(=O)(=O)N(CC(=O)N(Cc2ccc(Cl)c(Cl)c2)C(Cc2ccccc2)C(=O)NC(C)CC)c2ccc(C)cc2)cc1. The lowest BCUT2D eigenvalue weighted by Crippen LogP contribution is -2.54. The van der Waals surface area contributed by atoms with Gasteiger partial charge in [-0.15, -0.1) is 0 Å². The van der Waals surface area contributed by atoms with Crippen LogP contribution in [0.1, 0.15) is 43.9 Å². The van der Waals surface area contributed by atoms with Crippen molar-refractivity contribution < 1.29 is 22.7 Å². The maximum Gasteiger partial charge on any atom is 0.264 e. The number of amides is 2. The quantitative estimate of drug-likeness (QED) is 0.138. The van der Waals surface area contributed by atoms with Crippen LogP contribution in [0.3, 0.4) is 0 Å². The average molecular weight is 711 g/mol. The zero-order chi connectivity index (χ0) is 34.8. The second-order valence-corrected chi connectivity index (χ2v) is 14.2. The molecule has 0 spiro atoms. The van der Waals surface area contributed by atoms with Gasteiger partial charge in [0, 0.05) is 19.0 Å². The van der Waals surface area contributed by atoms with Crippen molar-refractivity contribution in [1.82, 2.24) is 10.2 Å². The van der Waals surface area contributed by atoms with Gasteiger partial charge in [0.2, 0.25) is 11.8 Å². The molecule has 4 aromatic rings. The number of aryl methyl sites for hydroxylation is 1. The maximum atomic E-state index is 14.6. The molecule has 48 heavy (non-hydrogen) atoms. The molecule has 0 aliphatic heterocycles. The minimum absolute atomic E-state index is 0.00860. The standard InChI is InChI=1S/C37H41Cl2N3O5S/c1-5-27(4)40-37(44)35(23-28-10-8-7-9-11-28)41(24-29-14-21-33(38)34(39)22-29)36(43)25-42(30-15-12-26(3)13-16-30)48(45,46)32-19-17-31(18-20-32)47-6-2/h7-22,27,35H,5-6,23-25H2,1-4H3,(H,40,44). The fourth-order valence-corrected chi connectivity index (χ4v) is 6.81. The lowest BCUT2D eigenvalue weighted by Gasteiger charge is -2.34. The minimum Gasteiger partial charge on any atom is -0.494 e. The predicted octanol–water partition coefficient (Wildman–Crippen LogP) is 7.45. The topological polar surface area (TPSA) is 96.0 Å². The summed E-state index contributed by atoms with van der Waals surface area (Å²) in [4.78, 5) is 30.0. The van der Waals surface area contributed by atoms with Gasteiger partial charge in [0.25, 0.3) is 10.0 Å². The summed E-state index contributed by atoms with van der Waals surface area (Å²) in [5.74, 6) is -0.396. The molecule has 2 unspecified atom stereocenters. The Morgan fingerprint density at radius 1 is 0.854 bits per heavy atom. The molecule has 0 heterocycles. The van der Waals surface area contributed by atoms with Crippen LogP contribution in [-0.2, 0) is 32.6 Å². The van der Waals surface area contributed by atoms with Gasteiger partial charge in [-0.1, -0.05) is 84.2 Å². The van der Waals surface area contributed by atoms with E-state index < -0.39 is 28.5 Å². The van der Waals surface area contributed by atoms with E-state index in [2.05, 4.69) is 5.32 Å². The Hall–Kier alpha value is -4.05. The highest BCUT2D eigenvalue weighted by atomic mass is 35.5. The van der Waals surface area contributed by atoms with Crippen molar-refractivity contribution >= 4 is 50.7 Å². The van der Waals surface area contributed by atoms with Crippen LogP contribution in [0, 0.1) is 6.92 Å². The molecule has 0 aromatic heterocycles. The summed E-state index contributed by atoms with van der Waals surface area (Å²) < 4.78 is 35.1. The number of carbonyl (C=O) groups is 2. The lowest BCUT2D eigenvalue weighted by molar-refractivity contribution is -0.140. The largest absolute Gasteiger partial charge is 0.494 e. The number of carbonyl (C=O) groups excluding carboxylic acids is 2. The number of rotatable bonds is 15. The Labute approximate surface area is 293 Å². The number of ether oxygens (including phenoxy) is 1. The predicted molar refractivity (Wildman–Crippen MR) is 192 cm³/mol. The molecule has 2 atom stereocenters. The number of benzene rings is 4. The second-order valence-electron chi connectivity index (χ2n) is 11.5. The first-order chi connectivity index (χ1) is 22.9. The van der Waals surface area contributed by atoms with Gasteiger partial charge in [0.1, 0.15) is 18.3 Å². The molecule has 0 saturated carbocycles. The van der Waals surface area contributed by atoms with Crippen molar-refractivity contribution in [2.45, 2.75) is 64.1 Å². The molecule has 254 valence electrons. The highest BCUT2D eigenvalue weighted by Crippen LogP contribution is 2.28. The summed E-state index contributed by atoms with van der Waals surface area (Å²) in [5.41, 5.74) is 2.70. The van der Waals surface area contributed by atoms with Crippen molar-refractivity contribution in [3.63, 3.8) is 0 Å². The van der Waals surface area contributed by atoms with E-state index >= 15 is 0 Å². The van der Waals surface area contributed by atoms with Crippen LogP contribution >= 0.6 is 23.2 Å². The fourth-order valence-electron chi connectivity index (χ4n) is 5.07. The van der Waals surface area contributed by atoms with E-state index in [-0.39, 0.29) is 29.8 Å². The van der Waals surface area contributed by atoms with Crippen LogP contribution in [0.4, 0.5) is 5.69 Å². The highest BCUT2D eigenvalue weighted by Gasteiger charge is 2.35. The summed E-state index contributed by atoms with van der Waals surface area (Å²) in [5, 5.41) is 3.67. The zero-order valence-electron chi connectivity index (χ0n) is 27.5. The van der Waals surface area contributed by atoms with E-state index in [1.54, 1.807) is 54.6 Å². The van der Waals surface area contributed by atoms with Gasteiger partial charge in [-0.3, -0.25) is 13.9 Å². The van der Waals surface area contributed by atoms with Crippen LogP contribution in [0.2, 0.25) is 10.0 Å². The molecule has 0 aliphatic carbocycles. The molecule has 1 N–H and O–H groups in total. The van der Waals surface area contributed by atoms with Gasteiger partial charge in [-0.2, -0.15) is 0 Å². The van der Waals surface area contributed by atoms with Gasteiger partial charge in [-0.25, -0.2) is 8.42 Å². The van der Waals surface area contributed by atoms with Crippen molar-refractivity contribution in [3.8, 4) is 5.75 Å². The van der Waals surface area contributed by atoms with Crippen LogP contribution in [0.15, 0.2) is 102 Å². The Kier molecular flexibility index (Phi) is 12.9. The lowest BCUT2D eigenvalue weighted by atomic mass is 10.0. The second kappa shape index (κ2) is 16.9. The van der Waals surface area contributed by atoms with E-state index in [9.17, 15) is 18.0 Å². The molecule has 4 aromatic carbocycles. The van der Waals surface area contributed by atoms with Crippen LogP contribution in [-0.4, -0.2) is 50.4 Å². The van der Waals surface area contributed by atoms with E-state index in [4.69, 9.17) is 27.9 Å².